The fourth-order valence-corrected chi connectivity index (χ4v) is 2.21. The van der Waals surface area contributed by atoms with Gasteiger partial charge in [0, 0.05) is 13.3 Å². The number of Topliss-reactive ketones (excluding diaryl/α,β-unsaturated/α-hetero) is 1. The quantitative estimate of drug-likeness (QED) is 0.352. The normalized spacial score (nSPS) is 24.8. The zero-order valence-electron chi connectivity index (χ0n) is 13.9. The molecule has 1 saturated heterocycles. The van der Waals surface area contributed by atoms with Crippen molar-refractivity contribution in [2.45, 2.75) is 71.2 Å². The van der Waals surface area contributed by atoms with Crippen molar-refractivity contribution < 1.29 is 23.8 Å². The van der Waals surface area contributed by atoms with Crippen molar-refractivity contribution in [2.24, 2.45) is 0 Å². The second kappa shape index (κ2) is 9.74. The third kappa shape index (κ3) is 6.71. The lowest BCUT2D eigenvalue weighted by Crippen LogP contribution is -2.35. The topological polar surface area (TPSA) is 61.8 Å². The maximum absolute atomic E-state index is 11.6. The molecule has 5 nitrogen and oxygen atoms in total. The number of hydrogen-bond acceptors (Lipinski definition) is 5. The SMILES string of the molecule is CC=CCCCCCCC(=O)OCC1COC(C)(C(C)=O)O1. The van der Waals surface area contributed by atoms with Crippen molar-refractivity contribution in [1.29, 1.82) is 0 Å². The number of ether oxygens (including phenoxy) is 3. The average molecular weight is 312 g/mol. The Morgan fingerprint density at radius 3 is 2.64 bits per heavy atom. The van der Waals surface area contributed by atoms with E-state index in [4.69, 9.17) is 14.2 Å². The van der Waals surface area contributed by atoms with E-state index >= 15 is 0 Å². The van der Waals surface area contributed by atoms with E-state index in [-0.39, 0.29) is 31.1 Å². The van der Waals surface area contributed by atoms with Crippen molar-refractivity contribution in [3.8, 4) is 0 Å². The molecular formula is C17H28O5. The summed E-state index contributed by atoms with van der Waals surface area (Å²) in [6.07, 6.45) is 9.58. The maximum Gasteiger partial charge on any atom is 0.305 e. The molecule has 0 aromatic carbocycles. The van der Waals surface area contributed by atoms with Crippen LogP contribution in [0.15, 0.2) is 12.2 Å². The molecule has 126 valence electrons. The molecule has 0 aromatic heterocycles. The van der Waals surface area contributed by atoms with Crippen LogP contribution in [-0.2, 0) is 23.8 Å². The van der Waals surface area contributed by atoms with Crippen LogP contribution in [0.5, 0.6) is 0 Å². The van der Waals surface area contributed by atoms with Gasteiger partial charge in [-0.2, -0.15) is 0 Å². The van der Waals surface area contributed by atoms with Gasteiger partial charge in [0.1, 0.15) is 12.7 Å². The lowest BCUT2D eigenvalue weighted by molar-refractivity contribution is -0.179. The Balaban J connectivity index is 2.06. The van der Waals surface area contributed by atoms with Gasteiger partial charge in [-0.15, -0.1) is 0 Å². The molecule has 0 radical (unpaired) electrons. The van der Waals surface area contributed by atoms with E-state index in [1.807, 2.05) is 6.92 Å². The highest BCUT2D eigenvalue weighted by atomic mass is 16.8. The molecular weight excluding hydrogens is 284 g/mol. The minimum absolute atomic E-state index is 0.142. The van der Waals surface area contributed by atoms with Gasteiger partial charge in [0.25, 0.3) is 0 Å². The van der Waals surface area contributed by atoms with Crippen LogP contribution >= 0.6 is 0 Å². The zero-order chi connectivity index (χ0) is 16.4. The minimum Gasteiger partial charge on any atom is -0.463 e. The molecule has 5 heteroatoms. The highest BCUT2D eigenvalue weighted by molar-refractivity contribution is 5.83. The summed E-state index contributed by atoms with van der Waals surface area (Å²) in [4.78, 5) is 23.0. The average Bonchev–Trinajstić information content (AvgIpc) is 2.87. The molecule has 0 bridgehead atoms. The van der Waals surface area contributed by atoms with Crippen molar-refractivity contribution in [1.82, 2.24) is 0 Å². The third-order valence-corrected chi connectivity index (χ3v) is 3.74. The molecule has 0 N–H and O–H groups in total. The summed E-state index contributed by atoms with van der Waals surface area (Å²) in [5, 5.41) is 0. The summed E-state index contributed by atoms with van der Waals surface area (Å²) in [5.74, 6) is -1.59. The van der Waals surface area contributed by atoms with E-state index < -0.39 is 5.79 Å². The van der Waals surface area contributed by atoms with Gasteiger partial charge in [-0.05, 0) is 33.1 Å². The fourth-order valence-electron chi connectivity index (χ4n) is 2.21. The van der Waals surface area contributed by atoms with Gasteiger partial charge < -0.3 is 14.2 Å². The number of hydrogen-bond donors (Lipinski definition) is 0. The van der Waals surface area contributed by atoms with Crippen LogP contribution in [0.1, 0.15) is 59.3 Å². The monoisotopic (exact) mass is 312 g/mol. The number of esters is 1. The Bertz CT molecular complexity index is 391. The Morgan fingerprint density at radius 1 is 1.27 bits per heavy atom. The number of carbonyl (C=O) groups excluding carboxylic acids is 2. The standard InChI is InChI=1S/C17H28O5/c1-4-5-6-7-8-9-10-11-16(19)20-12-15-13-21-17(3,22-15)14(2)18/h4-5,15H,6-13H2,1-3H3. The molecule has 1 aliphatic heterocycles. The van der Waals surface area contributed by atoms with E-state index in [0.717, 1.165) is 32.1 Å². The van der Waals surface area contributed by atoms with Crippen LogP contribution in [0.4, 0.5) is 0 Å². The van der Waals surface area contributed by atoms with Crippen LogP contribution in [0.25, 0.3) is 0 Å². The first-order chi connectivity index (χ1) is 10.5. The molecule has 0 amide bonds. The Labute approximate surface area is 133 Å². The summed E-state index contributed by atoms with van der Waals surface area (Å²) in [5.41, 5.74) is 0. The molecule has 22 heavy (non-hydrogen) atoms. The minimum atomic E-state index is -1.19. The van der Waals surface area contributed by atoms with E-state index in [1.165, 1.54) is 6.92 Å². The molecule has 1 fully saturated rings. The van der Waals surface area contributed by atoms with E-state index in [1.54, 1.807) is 6.92 Å². The van der Waals surface area contributed by atoms with Crippen LogP contribution < -0.4 is 0 Å². The molecule has 1 rings (SSSR count). The van der Waals surface area contributed by atoms with Crippen LogP contribution in [0.2, 0.25) is 0 Å². The predicted molar refractivity (Wildman–Crippen MR) is 83.4 cm³/mol. The van der Waals surface area contributed by atoms with Gasteiger partial charge in [-0.1, -0.05) is 25.0 Å². The molecule has 2 unspecified atom stereocenters. The van der Waals surface area contributed by atoms with Crippen LogP contribution in [0, 0.1) is 0 Å². The smallest absolute Gasteiger partial charge is 0.305 e. The lowest BCUT2D eigenvalue weighted by Gasteiger charge is -2.19. The molecule has 1 heterocycles. The van der Waals surface area contributed by atoms with E-state index in [0.29, 0.717) is 6.42 Å². The molecule has 1 aliphatic rings. The molecule has 0 aliphatic carbocycles. The van der Waals surface area contributed by atoms with Crippen LogP contribution in [-0.4, -0.2) is 36.9 Å². The molecule has 0 aromatic rings. The lowest BCUT2D eigenvalue weighted by atomic mass is 10.1. The number of ketones is 1. The fraction of sp³-hybridized carbons (Fsp3) is 0.765. The van der Waals surface area contributed by atoms with Crippen LogP contribution in [0.3, 0.4) is 0 Å². The van der Waals surface area contributed by atoms with Gasteiger partial charge in [0.15, 0.2) is 5.78 Å². The first kappa shape index (κ1) is 18.8. The predicted octanol–water partition coefficient (Wildman–Crippen LogP) is 3.17. The van der Waals surface area contributed by atoms with Crippen molar-refractivity contribution >= 4 is 11.8 Å². The largest absolute Gasteiger partial charge is 0.463 e. The third-order valence-electron chi connectivity index (χ3n) is 3.74. The highest BCUT2D eigenvalue weighted by Gasteiger charge is 2.41. The van der Waals surface area contributed by atoms with E-state index in [9.17, 15) is 9.59 Å². The number of unbranched alkanes of at least 4 members (excludes halogenated alkanes) is 4. The summed E-state index contributed by atoms with van der Waals surface area (Å²) in [6, 6.07) is 0. The Hall–Kier alpha value is -1.20. The van der Waals surface area contributed by atoms with Gasteiger partial charge >= 0.3 is 5.97 Å². The molecule has 0 saturated carbocycles. The van der Waals surface area contributed by atoms with Crippen molar-refractivity contribution in [2.75, 3.05) is 13.2 Å². The summed E-state index contributed by atoms with van der Waals surface area (Å²) in [7, 11) is 0. The Morgan fingerprint density at radius 2 is 2.00 bits per heavy atom. The first-order valence-corrected chi connectivity index (χ1v) is 8.07. The summed E-state index contributed by atoms with van der Waals surface area (Å²) < 4.78 is 16.0. The number of rotatable bonds is 10. The molecule has 0 spiro atoms. The Kier molecular flexibility index (Phi) is 8.35. The van der Waals surface area contributed by atoms with Crippen molar-refractivity contribution in [3.63, 3.8) is 0 Å². The first-order valence-electron chi connectivity index (χ1n) is 8.07. The molecule has 2 atom stereocenters. The summed E-state index contributed by atoms with van der Waals surface area (Å²) >= 11 is 0. The second-order valence-corrected chi connectivity index (χ2v) is 5.76. The number of allylic oxidation sites excluding steroid dienone is 2. The summed E-state index contributed by atoms with van der Waals surface area (Å²) in [6.45, 7) is 5.45. The highest BCUT2D eigenvalue weighted by Crippen LogP contribution is 2.24. The number of carbonyl (C=O) groups is 2. The van der Waals surface area contributed by atoms with Crippen molar-refractivity contribution in [3.05, 3.63) is 12.2 Å². The zero-order valence-corrected chi connectivity index (χ0v) is 13.9. The van der Waals surface area contributed by atoms with Gasteiger partial charge in [-0.25, -0.2) is 0 Å². The van der Waals surface area contributed by atoms with Gasteiger partial charge in [0.05, 0.1) is 6.61 Å². The van der Waals surface area contributed by atoms with Gasteiger partial charge in [-0.3, -0.25) is 9.59 Å². The second-order valence-electron chi connectivity index (χ2n) is 5.76. The van der Waals surface area contributed by atoms with E-state index in [2.05, 4.69) is 12.2 Å². The maximum atomic E-state index is 11.6. The van der Waals surface area contributed by atoms with Gasteiger partial charge in [0.2, 0.25) is 5.79 Å².